The van der Waals surface area contributed by atoms with Crippen molar-refractivity contribution < 1.29 is 5.11 Å². The van der Waals surface area contributed by atoms with Crippen LogP contribution in [0.25, 0.3) is 11.2 Å². The van der Waals surface area contributed by atoms with Gasteiger partial charge in [-0.25, -0.2) is 14.6 Å². The Morgan fingerprint density at radius 2 is 2.31 bits per heavy atom. The molecule has 7 nitrogen and oxygen atoms in total. The van der Waals surface area contributed by atoms with Crippen LogP contribution in [0, 0.1) is 5.92 Å². The lowest BCUT2D eigenvalue weighted by atomic mass is 10.2. The van der Waals surface area contributed by atoms with Crippen molar-refractivity contribution in [2.24, 2.45) is 5.92 Å². The maximum absolute atomic E-state index is 9.83. The van der Waals surface area contributed by atoms with Crippen LogP contribution in [-0.4, -0.2) is 36.2 Å². The molecule has 1 saturated carbocycles. The Morgan fingerprint density at radius 3 is 3.06 bits per heavy atom. The molecule has 0 spiro atoms. The van der Waals surface area contributed by atoms with Crippen LogP contribution in [0.15, 0.2) is 6.33 Å². The van der Waals surface area contributed by atoms with Crippen LogP contribution in [-0.2, 0) is 6.54 Å². The standard InChI is InChI=1S/C9H12N6O/c10-8-7-9(12-4-11-8)15(14-13-7)3-6(16)5-1-2-5/h4-6,16H,1-3H2,(H2,10,11,12). The van der Waals surface area contributed by atoms with Crippen LogP contribution in [0.5, 0.6) is 0 Å². The molecule has 0 bridgehead atoms. The molecular formula is C9H12N6O. The van der Waals surface area contributed by atoms with E-state index in [9.17, 15) is 5.11 Å². The molecule has 16 heavy (non-hydrogen) atoms. The molecule has 0 amide bonds. The summed E-state index contributed by atoms with van der Waals surface area (Å²) in [7, 11) is 0. The summed E-state index contributed by atoms with van der Waals surface area (Å²) in [6.45, 7) is 0.414. The van der Waals surface area contributed by atoms with Crippen LogP contribution < -0.4 is 5.73 Å². The predicted molar refractivity (Wildman–Crippen MR) is 56.3 cm³/mol. The van der Waals surface area contributed by atoms with Crippen LogP contribution in [0.2, 0.25) is 0 Å². The molecule has 84 valence electrons. The van der Waals surface area contributed by atoms with Gasteiger partial charge in [-0.15, -0.1) is 5.10 Å². The highest BCUT2D eigenvalue weighted by molar-refractivity contribution is 5.80. The van der Waals surface area contributed by atoms with Gasteiger partial charge in [-0.1, -0.05) is 5.21 Å². The van der Waals surface area contributed by atoms with Crippen molar-refractivity contribution in [3.05, 3.63) is 6.33 Å². The predicted octanol–water partition coefficient (Wildman–Crippen LogP) is -0.426. The molecule has 1 fully saturated rings. The number of hydrogen-bond donors (Lipinski definition) is 2. The minimum atomic E-state index is -0.374. The third-order valence-corrected chi connectivity index (χ3v) is 2.85. The van der Waals surface area contributed by atoms with E-state index in [0.717, 1.165) is 12.8 Å². The molecular weight excluding hydrogens is 208 g/mol. The van der Waals surface area contributed by atoms with E-state index in [1.165, 1.54) is 6.33 Å². The number of fused-ring (bicyclic) bond motifs is 1. The molecule has 7 heteroatoms. The van der Waals surface area contributed by atoms with Crippen molar-refractivity contribution in [1.29, 1.82) is 0 Å². The summed E-state index contributed by atoms with van der Waals surface area (Å²) in [5.74, 6) is 0.718. The summed E-state index contributed by atoms with van der Waals surface area (Å²) < 4.78 is 1.58. The van der Waals surface area contributed by atoms with Crippen LogP contribution >= 0.6 is 0 Å². The third kappa shape index (κ3) is 1.49. The molecule has 2 aromatic rings. The van der Waals surface area contributed by atoms with Gasteiger partial charge in [0, 0.05) is 0 Å². The molecule has 2 heterocycles. The SMILES string of the molecule is Nc1ncnc2c1nnn2CC(O)C1CC1. The fourth-order valence-corrected chi connectivity index (χ4v) is 1.74. The van der Waals surface area contributed by atoms with E-state index < -0.39 is 0 Å². The minimum Gasteiger partial charge on any atom is -0.391 e. The van der Waals surface area contributed by atoms with Gasteiger partial charge in [0.15, 0.2) is 17.0 Å². The first kappa shape index (κ1) is 9.46. The fourth-order valence-electron chi connectivity index (χ4n) is 1.74. The largest absolute Gasteiger partial charge is 0.391 e. The minimum absolute atomic E-state index is 0.317. The monoisotopic (exact) mass is 220 g/mol. The molecule has 0 aliphatic heterocycles. The van der Waals surface area contributed by atoms with Gasteiger partial charge in [0.2, 0.25) is 0 Å². The van der Waals surface area contributed by atoms with Crippen molar-refractivity contribution in [3.8, 4) is 0 Å². The lowest BCUT2D eigenvalue weighted by Crippen LogP contribution is -2.19. The first-order chi connectivity index (χ1) is 7.75. The Bertz CT molecular complexity index is 520. The number of aliphatic hydroxyl groups is 1. The zero-order chi connectivity index (χ0) is 11.1. The van der Waals surface area contributed by atoms with E-state index in [0.29, 0.717) is 29.4 Å². The normalized spacial score (nSPS) is 17.8. The number of nitrogens with zero attached hydrogens (tertiary/aromatic N) is 5. The number of nitrogens with two attached hydrogens (primary N) is 1. The molecule has 0 aromatic carbocycles. The van der Waals surface area contributed by atoms with Gasteiger partial charge in [-0.05, 0) is 18.8 Å². The van der Waals surface area contributed by atoms with Gasteiger partial charge in [-0.2, -0.15) is 0 Å². The summed E-state index contributed by atoms with van der Waals surface area (Å²) >= 11 is 0. The van der Waals surface area contributed by atoms with E-state index in [2.05, 4.69) is 20.3 Å². The van der Waals surface area contributed by atoms with Gasteiger partial charge >= 0.3 is 0 Å². The van der Waals surface area contributed by atoms with Gasteiger partial charge in [0.05, 0.1) is 12.6 Å². The molecule has 0 saturated heterocycles. The molecule has 2 aromatic heterocycles. The van der Waals surface area contributed by atoms with Gasteiger partial charge in [0.25, 0.3) is 0 Å². The van der Waals surface area contributed by atoms with Crippen LogP contribution in [0.3, 0.4) is 0 Å². The Kier molecular flexibility index (Phi) is 2.00. The van der Waals surface area contributed by atoms with Crippen molar-refractivity contribution in [3.63, 3.8) is 0 Å². The first-order valence-corrected chi connectivity index (χ1v) is 5.23. The summed E-state index contributed by atoms with van der Waals surface area (Å²) in [4.78, 5) is 7.91. The van der Waals surface area contributed by atoms with Gasteiger partial charge in [0.1, 0.15) is 6.33 Å². The van der Waals surface area contributed by atoms with Crippen LogP contribution in [0.4, 0.5) is 5.82 Å². The molecule has 1 unspecified atom stereocenters. The van der Waals surface area contributed by atoms with Crippen molar-refractivity contribution in [1.82, 2.24) is 25.0 Å². The Balaban J connectivity index is 1.94. The summed E-state index contributed by atoms with van der Waals surface area (Å²) in [6, 6.07) is 0. The number of aromatic nitrogens is 5. The van der Waals surface area contributed by atoms with Gasteiger partial charge in [-0.3, -0.25) is 0 Å². The van der Waals surface area contributed by atoms with E-state index in [1.54, 1.807) is 4.68 Å². The van der Waals surface area contributed by atoms with Crippen molar-refractivity contribution in [2.45, 2.75) is 25.5 Å². The number of hydrogen-bond acceptors (Lipinski definition) is 6. The van der Waals surface area contributed by atoms with Crippen molar-refractivity contribution in [2.75, 3.05) is 5.73 Å². The maximum atomic E-state index is 9.83. The lowest BCUT2D eigenvalue weighted by molar-refractivity contribution is 0.127. The number of aliphatic hydroxyl groups excluding tert-OH is 1. The first-order valence-electron chi connectivity index (χ1n) is 5.23. The second-order valence-electron chi connectivity index (χ2n) is 4.11. The maximum Gasteiger partial charge on any atom is 0.183 e. The molecule has 1 aliphatic rings. The zero-order valence-electron chi connectivity index (χ0n) is 8.61. The third-order valence-electron chi connectivity index (χ3n) is 2.85. The molecule has 1 aliphatic carbocycles. The molecule has 0 radical (unpaired) electrons. The zero-order valence-corrected chi connectivity index (χ0v) is 8.61. The number of anilines is 1. The quantitative estimate of drug-likeness (QED) is 0.727. The van der Waals surface area contributed by atoms with E-state index in [4.69, 9.17) is 5.73 Å². The van der Waals surface area contributed by atoms with E-state index in [1.807, 2.05) is 0 Å². The average Bonchev–Trinajstić information content (AvgIpc) is 3.04. The second kappa shape index (κ2) is 3.38. The molecule has 3 rings (SSSR count). The van der Waals surface area contributed by atoms with Gasteiger partial charge < -0.3 is 10.8 Å². The summed E-state index contributed by atoms with van der Waals surface area (Å²) in [5, 5.41) is 17.7. The second-order valence-corrected chi connectivity index (χ2v) is 4.11. The highest BCUT2D eigenvalue weighted by atomic mass is 16.3. The Morgan fingerprint density at radius 1 is 1.50 bits per heavy atom. The Hall–Kier alpha value is -1.76. The summed E-state index contributed by atoms with van der Waals surface area (Å²) in [5.41, 5.74) is 6.71. The van der Waals surface area contributed by atoms with E-state index in [-0.39, 0.29) is 6.10 Å². The molecule has 1 atom stereocenters. The van der Waals surface area contributed by atoms with Crippen molar-refractivity contribution >= 4 is 17.0 Å². The highest BCUT2D eigenvalue weighted by Crippen LogP contribution is 2.33. The number of nitrogen functional groups attached to an aromatic ring is 1. The average molecular weight is 220 g/mol. The summed E-state index contributed by atoms with van der Waals surface area (Å²) in [6.07, 6.45) is 3.18. The number of rotatable bonds is 3. The Labute approximate surface area is 91.3 Å². The smallest absolute Gasteiger partial charge is 0.183 e. The van der Waals surface area contributed by atoms with Crippen LogP contribution in [0.1, 0.15) is 12.8 Å². The highest BCUT2D eigenvalue weighted by Gasteiger charge is 2.30. The topological polar surface area (TPSA) is 103 Å². The fraction of sp³-hybridized carbons (Fsp3) is 0.556. The lowest BCUT2D eigenvalue weighted by Gasteiger charge is -2.08. The van der Waals surface area contributed by atoms with E-state index >= 15 is 0 Å². The molecule has 3 N–H and O–H groups in total.